The third-order valence-electron chi connectivity index (χ3n) is 2.49. The van der Waals surface area contributed by atoms with Gasteiger partial charge in [-0.25, -0.2) is 14.8 Å². The highest BCUT2D eigenvalue weighted by atomic mass is 16.5. The highest BCUT2D eigenvalue weighted by molar-refractivity contribution is 5.87. The normalized spacial score (nSPS) is 10.2. The van der Waals surface area contributed by atoms with Gasteiger partial charge >= 0.3 is 5.97 Å². The zero-order valence-electron chi connectivity index (χ0n) is 10.6. The molecule has 2 rings (SSSR count). The minimum Gasteiger partial charge on any atom is -0.464 e. The second kappa shape index (κ2) is 6.48. The predicted molar refractivity (Wildman–Crippen MR) is 68.7 cm³/mol. The van der Waals surface area contributed by atoms with Crippen LogP contribution in [0.15, 0.2) is 31.1 Å². The van der Waals surface area contributed by atoms with Gasteiger partial charge in [-0.15, -0.1) is 0 Å². The minimum absolute atomic E-state index is 0.196. The molecule has 0 aliphatic rings. The van der Waals surface area contributed by atoms with E-state index in [4.69, 9.17) is 0 Å². The first kappa shape index (κ1) is 13.0. The van der Waals surface area contributed by atoms with Crippen molar-refractivity contribution < 1.29 is 9.53 Å². The first-order valence-electron chi connectivity index (χ1n) is 5.89. The fourth-order valence-electron chi connectivity index (χ4n) is 1.55. The topological polar surface area (TPSA) is 81.9 Å². The van der Waals surface area contributed by atoms with E-state index in [0.29, 0.717) is 5.82 Å². The number of carbonyl (C=O) groups excluding carboxylic acids is 1. The number of aryl methyl sites for hydroxylation is 1. The number of esters is 1. The maximum atomic E-state index is 11.3. The van der Waals surface area contributed by atoms with Gasteiger partial charge < -0.3 is 14.6 Å². The lowest BCUT2D eigenvalue weighted by atomic mass is 10.4. The number of anilines is 1. The summed E-state index contributed by atoms with van der Waals surface area (Å²) >= 11 is 0. The molecule has 0 aliphatic carbocycles. The fraction of sp³-hybridized carbons (Fsp3) is 0.333. The lowest BCUT2D eigenvalue weighted by Gasteiger charge is -2.06. The molecule has 0 aromatic carbocycles. The Morgan fingerprint density at radius 2 is 2.32 bits per heavy atom. The summed E-state index contributed by atoms with van der Waals surface area (Å²) in [5, 5.41) is 3.11. The van der Waals surface area contributed by atoms with Crippen molar-refractivity contribution in [3.63, 3.8) is 0 Å². The molecular weight excluding hydrogens is 246 g/mol. The molecule has 0 fully saturated rings. The number of hydrogen-bond donors (Lipinski definition) is 1. The highest BCUT2D eigenvalue weighted by Crippen LogP contribution is 2.03. The van der Waals surface area contributed by atoms with Crippen molar-refractivity contribution in [1.29, 1.82) is 0 Å². The van der Waals surface area contributed by atoms with Gasteiger partial charge in [0.25, 0.3) is 0 Å². The van der Waals surface area contributed by atoms with Crippen LogP contribution in [0.3, 0.4) is 0 Å². The molecule has 2 aromatic rings. The molecule has 1 N–H and O–H groups in total. The van der Waals surface area contributed by atoms with E-state index in [0.717, 1.165) is 19.5 Å². The molecule has 0 spiro atoms. The number of methoxy groups -OCH3 is 1. The van der Waals surface area contributed by atoms with E-state index in [2.05, 4.69) is 25.0 Å². The zero-order chi connectivity index (χ0) is 13.5. The van der Waals surface area contributed by atoms with Crippen LogP contribution in [0.25, 0.3) is 0 Å². The molecule has 0 atom stereocenters. The van der Waals surface area contributed by atoms with Crippen molar-refractivity contribution in [3.05, 3.63) is 36.8 Å². The molecule has 0 saturated heterocycles. The van der Waals surface area contributed by atoms with Crippen LogP contribution in [0.4, 0.5) is 5.82 Å². The molecule has 7 heteroatoms. The van der Waals surface area contributed by atoms with Crippen LogP contribution in [-0.2, 0) is 11.3 Å². The van der Waals surface area contributed by atoms with Crippen molar-refractivity contribution >= 4 is 11.8 Å². The summed E-state index contributed by atoms with van der Waals surface area (Å²) in [5.41, 5.74) is 0.196. The average molecular weight is 261 g/mol. The van der Waals surface area contributed by atoms with Crippen LogP contribution < -0.4 is 5.32 Å². The summed E-state index contributed by atoms with van der Waals surface area (Å²) in [5.74, 6) is 0.0723. The molecule has 0 unspecified atom stereocenters. The summed E-state index contributed by atoms with van der Waals surface area (Å²) in [6, 6.07) is 0. The standard InChI is InChI=1S/C12H15N5O2/c1-19-12(18)10-7-14-8-11(16-10)15-3-2-5-17-6-4-13-9-17/h4,6-9H,2-3,5H2,1H3,(H,15,16). The number of ether oxygens (including phenoxy) is 1. The Bertz CT molecular complexity index is 527. The second-order valence-corrected chi connectivity index (χ2v) is 3.86. The largest absolute Gasteiger partial charge is 0.464 e. The molecule has 2 aromatic heterocycles. The molecule has 100 valence electrons. The number of aromatic nitrogens is 4. The van der Waals surface area contributed by atoms with E-state index >= 15 is 0 Å². The van der Waals surface area contributed by atoms with Gasteiger partial charge in [-0.05, 0) is 6.42 Å². The van der Waals surface area contributed by atoms with Crippen LogP contribution in [0.5, 0.6) is 0 Å². The van der Waals surface area contributed by atoms with Gasteiger partial charge in [0.2, 0.25) is 0 Å². The van der Waals surface area contributed by atoms with Crippen molar-refractivity contribution in [1.82, 2.24) is 19.5 Å². The molecule has 0 amide bonds. The Labute approximate surface area is 110 Å². The molecule has 0 bridgehead atoms. The van der Waals surface area contributed by atoms with Gasteiger partial charge in [-0.2, -0.15) is 0 Å². The minimum atomic E-state index is -0.491. The molecule has 0 aliphatic heterocycles. The summed E-state index contributed by atoms with van der Waals surface area (Å²) in [6.45, 7) is 1.61. The van der Waals surface area contributed by atoms with Gasteiger partial charge in [0.15, 0.2) is 5.69 Å². The smallest absolute Gasteiger partial charge is 0.358 e. The first-order valence-corrected chi connectivity index (χ1v) is 5.89. The summed E-state index contributed by atoms with van der Waals surface area (Å²) in [7, 11) is 1.31. The van der Waals surface area contributed by atoms with Crippen LogP contribution in [0.1, 0.15) is 16.9 Å². The van der Waals surface area contributed by atoms with Crippen LogP contribution >= 0.6 is 0 Å². The lowest BCUT2D eigenvalue weighted by molar-refractivity contribution is 0.0593. The van der Waals surface area contributed by atoms with Gasteiger partial charge in [0.1, 0.15) is 5.82 Å². The maximum absolute atomic E-state index is 11.3. The number of nitrogens with one attached hydrogen (secondary N) is 1. The molecule has 0 radical (unpaired) electrons. The number of carbonyl (C=O) groups is 1. The highest BCUT2D eigenvalue weighted by Gasteiger charge is 2.07. The Kier molecular flexibility index (Phi) is 4.44. The third-order valence-corrected chi connectivity index (χ3v) is 2.49. The van der Waals surface area contributed by atoms with E-state index in [1.165, 1.54) is 13.3 Å². The Morgan fingerprint density at radius 3 is 3.05 bits per heavy atom. The predicted octanol–water partition coefficient (Wildman–Crippen LogP) is 0.962. The average Bonchev–Trinajstić information content (AvgIpc) is 2.96. The summed E-state index contributed by atoms with van der Waals surface area (Å²) in [6.07, 6.45) is 9.31. The van der Waals surface area contributed by atoms with E-state index in [-0.39, 0.29) is 5.69 Å². The molecule has 0 saturated carbocycles. The fourth-order valence-corrected chi connectivity index (χ4v) is 1.55. The zero-order valence-corrected chi connectivity index (χ0v) is 10.6. The van der Waals surface area contributed by atoms with Crippen molar-refractivity contribution in [2.24, 2.45) is 0 Å². The van der Waals surface area contributed by atoms with Gasteiger partial charge in [0.05, 0.1) is 25.8 Å². The Balaban J connectivity index is 1.81. The molecular formula is C12H15N5O2. The van der Waals surface area contributed by atoms with Crippen molar-refractivity contribution in [2.75, 3.05) is 19.0 Å². The quantitative estimate of drug-likeness (QED) is 0.616. The second-order valence-electron chi connectivity index (χ2n) is 3.86. The maximum Gasteiger partial charge on any atom is 0.358 e. The van der Waals surface area contributed by atoms with Crippen molar-refractivity contribution in [3.8, 4) is 0 Å². The number of hydrogen-bond acceptors (Lipinski definition) is 6. The number of imidazole rings is 1. The monoisotopic (exact) mass is 261 g/mol. The van der Waals surface area contributed by atoms with Gasteiger partial charge in [-0.1, -0.05) is 0 Å². The van der Waals surface area contributed by atoms with Gasteiger partial charge in [0, 0.05) is 25.5 Å². The molecule has 2 heterocycles. The third kappa shape index (κ3) is 3.77. The van der Waals surface area contributed by atoms with E-state index in [9.17, 15) is 4.79 Å². The SMILES string of the molecule is COC(=O)c1cncc(NCCCn2ccnc2)n1. The van der Waals surface area contributed by atoms with E-state index in [1.54, 1.807) is 18.7 Å². The summed E-state index contributed by atoms with van der Waals surface area (Å²) in [4.78, 5) is 23.3. The van der Waals surface area contributed by atoms with E-state index < -0.39 is 5.97 Å². The Morgan fingerprint density at radius 1 is 1.42 bits per heavy atom. The van der Waals surface area contributed by atoms with Crippen molar-refractivity contribution in [2.45, 2.75) is 13.0 Å². The Hall–Kier alpha value is -2.44. The van der Waals surface area contributed by atoms with Gasteiger partial charge in [-0.3, -0.25) is 4.98 Å². The number of rotatable bonds is 6. The lowest BCUT2D eigenvalue weighted by Crippen LogP contribution is -2.10. The molecule has 7 nitrogen and oxygen atoms in total. The first-order chi connectivity index (χ1) is 9.29. The molecule has 19 heavy (non-hydrogen) atoms. The van der Waals surface area contributed by atoms with Crippen LogP contribution in [0.2, 0.25) is 0 Å². The van der Waals surface area contributed by atoms with E-state index in [1.807, 2.05) is 10.8 Å². The summed E-state index contributed by atoms with van der Waals surface area (Å²) < 4.78 is 6.58. The van der Waals surface area contributed by atoms with Crippen LogP contribution in [0, 0.1) is 0 Å². The van der Waals surface area contributed by atoms with Crippen LogP contribution in [-0.4, -0.2) is 39.1 Å². The number of nitrogens with zero attached hydrogens (tertiary/aromatic N) is 4.